The number of hydrogen-bond acceptors (Lipinski definition) is 11. The lowest BCUT2D eigenvalue weighted by Crippen LogP contribution is -2.55. The number of nitrogens with zero attached hydrogens (tertiary/aromatic N) is 2. The second-order valence-electron chi connectivity index (χ2n) is 10.4. The Labute approximate surface area is 246 Å². The first-order valence-corrected chi connectivity index (χ1v) is 14.4. The lowest BCUT2D eigenvalue weighted by molar-refractivity contribution is -0.145. The van der Waals surface area contributed by atoms with Crippen LogP contribution in [0, 0.1) is 11.8 Å². The van der Waals surface area contributed by atoms with E-state index in [1.807, 2.05) is 4.90 Å². The van der Waals surface area contributed by atoms with Crippen molar-refractivity contribution in [3.8, 4) is 5.88 Å². The molecule has 42 heavy (non-hydrogen) atoms. The summed E-state index contributed by atoms with van der Waals surface area (Å²) in [6.07, 6.45) is 1.78. The standard InChI is InChI=1S/C28H44N4O10/c1-3-28(27(36)37,6-8-39-10-12-41-13-11-40-9-7-29-19-34)31-25(35)23-4-5-24(32-15-22(16-32)38-2)26(30-23)42-18-21-14-20(21)17-33/h4-5,19-22,33H,3,6-18H2,1-2H3,(H,29,34)(H,31,35)(H,36,37)/t20-,21-,28?/m1/s1. The number of anilines is 1. The Morgan fingerprint density at radius 2 is 1.79 bits per heavy atom. The molecule has 0 radical (unpaired) electrons. The van der Waals surface area contributed by atoms with Gasteiger partial charge in [0.2, 0.25) is 12.3 Å². The maximum Gasteiger partial charge on any atom is 0.329 e. The van der Waals surface area contributed by atoms with E-state index in [0.29, 0.717) is 65.0 Å². The van der Waals surface area contributed by atoms with Crippen LogP contribution in [0.3, 0.4) is 0 Å². The Morgan fingerprint density at radius 3 is 2.38 bits per heavy atom. The molecule has 1 aliphatic carbocycles. The number of rotatable bonds is 23. The predicted octanol–water partition coefficient (Wildman–Crippen LogP) is 0.0729. The van der Waals surface area contributed by atoms with Gasteiger partial charge in [0, 0.05) is 46.4 Å². The van der Waals surface area contributed by atoms with Gasteiger partial charge in [-0.15, -0.1) is 0 Å². The van der Waals surface area contributed by atoms with E-state index >= 15 is 0 Å². The molecule has 14 heteroatoms. The number of hydrogen-bond donors (Lipinski definition) is 4. The summed E-state index contributed by atoms with van der Waals surface area (Å²) in [4.78, 5) is 42.2. The maximum absolute atomic E-state index is 13.3. The van der Waals surface area contributed by atoms with E-state index < -0.39 is 17.4 Å². The van der Waals surface area contributed by atoms with Crippen LogP contribution < -0.4 is 20.3 Å². The third kappa shape index (κ3) is 9.76. The van der Waals surface area contributed by atoms with Crippen LogP contribution in [0.15, 0.2) is 12.1 Å². The van der Waals surface area contributed by atoms with Crippen molar-refractivity contribution >= 4 is 24.0 Å². The van der Waals surface area contributed by atoms with Crippen molar-refractivity contribution in [2.45, 2.75) is 37.8 Å². The van der Waals surface area contributed by atoms with Crippen molar-refractivity contribution < 1.29 is 48.3 Å². The second kappa shape index (κ2) is 17.2. The summed E-state index contributed by atoms with van der Waals surface area (Å²) in [5.41, 5.74) is -0.767. The molecular formula is C28H44N4O10. The van der Waals surface area contributed by atoms with Crippen molar-refractivity contribution in [2.75, 3.05) is 84.5 Å². The normalized spacial score (nSPS) is 19.5. The molecule has 14 nitrogen and oxygen atoms in total. The highest BCUT2D eigenvalue weighted by Crippen LogP contribution is 2.39. The summed E-state index contributed by atoms with van der Waals surface area (Å²) in [7, 11) is 1.66. The average molecular weight is 597 g/mol. The molecule has 0 spiro atoms. The maximum atomic E-state index is 13.3. The number of amides is 2. The van der Waals surface area contributed by atoms with Crippen LogP contribution in [0.5, 0.6) is 5.88 Å². The molecule has 2 heterocycles. The molecule has 3 rings (SSSR count). The number of carboxylic acids is 1. The first-order valence-electron chi connectivity index (χ1n) is 14.4. The van der Waals surface area contributed by atoms with E-state index in [-0.39, 0.29) is 56.3 Å². The van der Waals surface area contributed by atoms with Crippen molar-refractivity contribution in [2.24, 2.45) is 11.8 Å². The number of methoxy groups -OCH3 is 1. The summed E-state index contributed by atoms with van der Waals surface area (Å²) in [6.45, 7) is 5.73. The number of nitrogens with one attached hydrogen (secondary N) is 2. The average Bonchev–Trinajstić information content (AvgIpc) is 3.74. The topological polar surface area (TPSA) is 178 Å². The second-order valence-corrected chi connectivity index (χ2v) is 10.4. The van der Waals surface area contributed by atoms with Gasteiger partial charge in [-0.3, -0.25) is 9.59 Å². The van der Waals surface area contributed by atoms with E-state index in [9.17, 15) is 24.6 Å². The molecule has 2 amide bonds. The number of pyridine rings is 1. The number of aliphatic carboxylic acids is 1. The van der Waals surface area contributed by atoms with Crippen LogP contribution in [0.4, 0.5) is 5.69 Å². The molecule has 4 N–H and O–H groups in total. The molecule has 1 unspecified atom stereocenters. The largest absolute Gasteiger partial charge is 0.480 e. The van der Waals surface area contributed by atoms with E-state index in [1.54, 1.807) is 26.2 Å². The number of carbonyl (C=O) groups excluding carboxylic acids is 2. The van der Waals surface area contributed by atoms with E-state index in [1.165, 1.54) is 0 Å². The zero-order chi connectivity index (χ0) is 30.4. The highest BCUT2D eigenvalue weighted by atomic mass is 16.5. The monoisotopic (exact) mass is 596 g/mol. The SMILES string of the molecule is CCC(CCOCCOCCOCCNC=O)(NC(=O)c1ccc(N2CC(OC)C2)c(OC[C@H]2C[C@@H]2CO)n1)C(=O)O. The summed E-state index contributed by atoms with van der Waals surface area (Å²) >= 11 is 0. The minimum atomic E-state index is -1.55. The molecule has 2 fully saturated rings. The highest BCUT2D eigenvalue weighted by Gasteiger charge is 2.40. The molecule has 3 atom stereocenters. The number of aliphatic hydroxyl groups is 1. The van der Waals surface area contributed by atoms with Gasteiger partial charge < -0.3 is 49.4 Å². The summed E-state index contributed by atoms with van der Waals surface area (Å²) in [5.74, 6) is -1.04. The van der Waals surface area contributed by atoms with Gasteiger partial charge in [0.1, 0.15) is 16.9 Å². The number of aromatic nitrogens is 1. The summed E-state index contributed by atoms with van der Waals surface area (Å²) < 4.78 is 27.6. The minimum Gasteiger partial charge on any atom is -0.480 e. The fourth-order valence-corrected chi connectivity index (χ4v) is 4.51. The summed E-state index contributed by atoms with van der Waals surface area (Å²) in [5, 5.41) is 24.6. The molecule has 236 valence electrons. The Kier molecular flexibility index (Phi) is 13.7. The lowest BCUT2D eigenvalue weighted by atomic mass is 9.92. The zero-order valence-corrected chi connectivity index (χ0v) is 24.4. The number of carbonyl (C=O) groups is 3. The van der Waals surface area contributed by atoms with Crippen LogP contribution in [0.1, 0.15) is 36.7 Å². The fourth-order valence-electron chi connectivity index (χ4n) is 4.51. The Bertz CT molecular complexity index is 1010. The van der Waals surface area contributed by atoms with Gasteiger partial charge in [0.05, 0.1) is 45.7 Å². The van der Waals surface area contributed by atoms with E-state index in [2.05, 4.69) is 15.6 Å². The number of aliphatic hydroxyl groups excluding tert-OH is 1. The van der Waals surface area contributed by atoms with Gasteiger partial charge in [0.15, 0.2) is 0 Å². The van der Waals surface area contributed by atoms with E-state index in [0.717, 1.165) is 12.1 Å². The Balaban J connectivity index is 1.52. The molecule has 1 saturated heterocycles. The number of ether oxygens (including phenoxy) is 5. The van der Waals surface area contributed by atoms with E-state index in [4.69, 9.17) is 23.7 Å². The van der Waals surface area contributed by atoms with Gasteiger partial charge >= 0.3 is 5.97 Å². The third-order valence-electron chi connectivity index (χ3n) is 7.59. The van der Waals surface area contributed by atoms with Gasteiger partial charge in [-0.05, 0) is 36.8 Å². The van der Waals surface area contributed by atoms with Gasteiger partial charge in [0.25, 0.3) is 5.91 Å². The van der Waals surface area contributed by atoms with Gasteiger partial charge in [-0.1, -0.05) is 6.92 Å². The van der Waals surface area contributed by atoms with Gasteiger partial charge in [-0.25, -0.2) is 9.78 Å². The molecular weight excluding hydrogens is 552 g/mol. The van der Waals surface area contributed by atoms with Crippen LogP contribution in [0.2, 0.25) is 0 Å². The van der Waals surface area contributed by atoms with Gasteiger partial charge in [-0.2, -0.15) is 0 Å². The highest BCUT2D eigenvalue weighted by molar-refractivity contribution is 5.96. The first kappa shape index (κ1) is 33.5. The zero-order valence-electron chi connectivity index (χ0n) is 24.4. The van der Waals surface area contributed by atoms with Crippen molar-refractivity contribution in [3.05, 3.63) is 17.8 Å². The molecule has 0 bridgehead atoms. The third-order valence-corrected chi connectivity index (χ3v) is 7.59. The molecule has 1 aromatic heterocycles. The number of carboxylic acid groups (broad SMARTS) is 1. The molecule has 2 aliphatic rings. The molecule has 1 saturated carbocycles. The Hall–Kier alpha value is -3.04. The van der Waals surface area contributed by atoms with Crippen LogP contribution in [0.25, 0.3) is 0 Å². The molecule has 0 aromatic carbocycles. The van der Waals surface area contributed by atoms with Crippen LogP contribution >= 0.6 is 0 Å². The van der Waals surface area contributed by atoms with Crippen molar-refractivity contribution in [1.29, 1.82) is 0 Å². The molecule has 1 aliphatic heterocycles. The van der Waals surface area contributed by atoms with Crippen molar-refractivity contribution in [1.82, 2.24) is 15.6 Å². The Morgan fingerprint density at radius 1 is 1.10 bits per heavy atom. The summed E-state index contributed by atoms with van der Waals surface area (Å²) in [6, 6.07) is 3.31. The lowest BCUT2D eigenvalue weighted by Gasteiger charge is -2.40. The first-order chi connectivity index (χ1) is 20.4. The van der Waals surface area contributed by atoms with Crippen LogP contribution in [-0.2, 0) is 28.5 Å². The predicted molar refractivity (Wildman–Crippen MR) is 151 cm³/mol. The smallest absolute Gasteiger partial charge is 0.329 e. The van der Waals surface area contributed by atoms with Crippen molar-refractivity contribution in [3.63, 3.8) is 0 Å². The molecule has 1 aromatic rings. The quantitative estimate of drug-likeness (QED) is 0.0989. The minimum absolute atomic E-state index is 0.0459. The van der Waals surface area contributed by atoms with Crippen LogP contribution in [-0.4, -0.2) is 125 Å². The fraction of sp³-hybridized carbons (Fsp3) is 0.714.